The second kappa shape index (κ2) is 14.8. The highest BCUT2D eigenvalue weighted by atomic mass is 14.8. The van der Waals surface area contributed by atoms with Crippen molar-refractivity contribution >= 4 is 43.5 Å². The summed E-state index contributed by atoms with van der Waals surface area (Å²) in [5, 5.41) is 6.90. The topological polar surface area (TPSA) is 51.6 Å². The highest BCUT2D eigenvalue weighted by Gasteiger charge is 2.19. The van der Waals surface area contributed by atoms with Gasteiger partial charge in [0.05, 0.1) is 34.2 Å². The maximum Gasteiger partial charge on any atom is 0.0893 e. The first-order chi connectivity index (χ1) is 28.6. The van der Waals surface area contributed by atoms with Crippen molar-refractivity contribution in [2.45, 2.75) is 6.92 Å². The summed E-state index contributed by atoms with van der Waals surface area (Å²) < 4.78 is 0. The smallest absolute Gasteiger partial charge is 0.0893 e. The van der Waals surface area contributed by atoms with Gasteiger partial charge in [0.2, 0.25) is 0 Å². The first-order valence-corrected chi connectivity index (χ1v) is 19.6. The van der Waals surface area contributed by atoms with Gasteiger partial charge in [-0.05, 0) is 110 Å². The molecule has 8 aromatic rings. The van der Waals surface area contributed by atoms with E-state index in [1.807, 2.05) is 54.8 Å². The van der Waals surface area contributed by atoms with Gasteiger partial charge >= 0.3 is 0 Å². The zero-order valence-corrected chi connectivity index (χ0v) is 32.0. The number of hydrogen-bond acceptors (Lipinski definition) is 4. The van der Waals surface area contributed by atoms with Gasteiger partial charge in [0.1, 0.15) is 0 Å². The van der Waals surface area contributed by atoms with Crippen molar-refractivity contribution in [3.63, 3.8) is 0 Å². The standard InChI is InChI=1S/C54H38N4/c1-35-15-5-3-7-18-40(35)49-29-26-38(34-56-49)54-42-20-10-9-17-37(42)31-46-44(54)28-27-43-45(46)32-39(48-22-13-25-53(57-48)52-21-11-12-30-55-52)33-47(43)51-24-14-23-50(58-51)41-19-8-4-6-16-36(41)2/h3-35H,2H2,1H3. The molecule has 4 aromatic heterocycles. The van der Waals surface area contributed by atoms with Gasteiger partial charge in [0.15, 0.2) is 0 Å². The van der Waals surface area contributed by atoms with Gasteiger partial charge < -0.3 is 0 Å². The van der Waals surface area contributed by atoms with Crippen molar-refractivity contribution in [3.05, 3.63) is 218 Å². The molecule has 1 unspecified atom stereocenters. The number of aromatic nitrogens is 4. The van der Waals surface area contributed by atoms with Crippen molar-refractivity contribution in [2.75, 3.05) is 0 Å². The van der Waals surface area contributed by atoms with E-state index in [-0.39, 0.29) is 5.92 Å². The number of benzene rings is 4. The maximum atomic E-state index is 5.31. The third-order valence-electron chi connectivity index (χ3n) is 11.1. The van der Waals surface area contributed by atoms with Crippen LogP contribution in [0.4, 0.5) is 0 Å². The van der Waals surface area contributed by atoms with Crippen molar-refractivity contribution in [1.82, 2.24) is 19.9 Å². The van der Waals surface area contributed by atoms with E-state index in [9.17, 15) is 0 Å². The molecule has 0 spiro atoms. The van der Waals surface area contributed by atoms with Crippen LogP contribution in [0.1, 0.15) is 18.3 Å². The summed E-state index contributed by atoms with van der Waals surface area (Å²) in [7, 11) is 0. The zero-order chi connectivity index (χ0) is 39.0. The lowest BCUT2D eigenvalue weighted by Gasteiger charge is -2.17. The third-order valence-corrected chi connectivity index (χ3v) is 11.1. The summed E-state index contributed by atoms with van der Waals surface area (Å²) in [6, 6.07) is 42.8. The normalized spacial score (nSPS) is 15.1. The first-order valence-electron chi connectivity index (χ1n) is 19.6. The average Bonchev–Trinajstić information content (AvgIpc) is 3.64. The van der Waals surface area contributed by atoms with E-state index in [2.05, 4.69) is 152 Å². The zero-order valence-electron chi connectivity index (χ0n) is 32.0. The number of hydrogen-bond donors (Lipinski definition) is 0. The Morgan fingerprint density at radius 2 is 1.26 bits per heavy atom. The number of rotatable bonds is 6. The fraction of sp³-hybridized carbons (Fsp3) is 0.0370. The SMILES string of the molecule is C=C1C=CC=CC=C1c1cccc(-c2cc(-c3cccc(-c4ccccn4)n3)cc3c2ccc2c(-c4ccc(C5=CC=CC=CC5C)nc4)c4ccccc4cc23)n1. The molecule has 0 fully saturated rings. The summed E-state index contributed by atoms with van der Waals surface area (Å²) >= 11 is 0. The van der Waals surface area contributed by atoms with Gasteiger partial charge in [-0.1, -0.05) is 135 Å². The van der Waals surface area contributed by atoms with Crippen LogP contribution in [0, 0.1) is 5.92 Å². The Morgan fingerprint density at radius 1 is 0.500 bits per heavy atom. The molecule has 4 heterocycles. The fourth-order valence-corrected chi connectivity index (χ4v) is 8.21. The molecular weight excluding hydrogens is 705 g/mol. The lowest BCUT2D eigenvalue weighted by molar-refractivity contribution is 0.954. The molecule has 2 aliphatic rings. The van der Waals surface area contributed by atoms with E-state index < -0.39 is 0 Å². The largest absolute Gasteiger partial charge is 0.256 e. The molecule has 0 N–H and O–H groups in total. The Kier molecular flexibility index (Phi) is 8.92. The molecule has 4 aromatic carbocycles. The van der Waals surface area contributed by atoms with Crippen LogP contribution in [0.3, 0.4) is 0 Å². The third kappa shape index (κ3) is 6.41. The molecule has 2 aliphatic carbocycles. The van der Waals surface area contributed by atoms with Crippen molar-refractivity contribution in [1.29, 1.82) is 0 Å². The molecule has 0 aliphatic heterocycles. The summed E-state index contributed by atoms with van der Waals surface area (Å²) in [4.78, 5) is 20.2. The molecule has 0 saturated carbocycles. The van der Waals surface area contributed by atoms with Crippen molar-refractivity contribution < 1.29 is 0 Å². The van der Waals surface area contributed by atoms with E-state index in [4.69, 9.17) is 15.0 Å². The minimum Gasteiger partial charge on any atom is -0.256 e. The van der Waals surface area contributed by atoms with Gasteiger partial charge in [-0.3, -0.25) is 9.97 Å². The highest BCUT2D eigenvalue weighted by Crippen LogP contribution is 2.43. The second-order valence-electron chi connectivity index (χ2n) is 14.7. The van der Waals surface area contributed by atoms with Gasteiger partial charge in [0, 0.05) is 40.6 Å². The minimum atomic E-state index is 0.271. The number of allylic oxidation sites excluding steroid dienone is 13. The van der Waals surface area contributed by atoms with Crippen molar-refractivity contribution in [3.8, 4) is 45.0 Å². The number of fused-ring (bicyclic) bond motifs is 4. The Balaban J connectivity index is 1.22. The summed E-state index contributed by atoms with van der Waals surface area (Å²) in [5.74, 6) is 0.271. The number of pyridine rings is 4. The molecule has 10 rings (SSSR count). The molecule has 1 atom stereocenters. The molecule has 4 heteroatoms. The molecule has 58 heavy (non-hydrogen) atoms. The minimum absolute atomic E-state index is 0.271. The summed E-state index contributed by atoms with van der Waals surface area (Å²) in [6.07, 6.45) is 24.7. The number of nitrogens with zero attached hydrogens (tertiary/aromatic N) is 4. The van der Waals surface area contributed by atoms with Gasteiger partial charge in [-0.2, -0.15) is 0 Å². The van der Waals surface area contributed by atoms with E-state index in [1.165, 1.54) is 21.9 Å². The summed E-state index contributed by atoms with van der Waals surface area (Å²) in [5.41, 5.74) is 12.7. The Hall–Kier alpha value is -7.56. The molecule has 0 bridgehead atoms. The predicted molar refractivity (Wildman–Crippen MR) is 243 cm³/mol. The lowest BCUT2D eigenvalue weighted by atomic mass is 9.87. The molecule has 4 nitrogen and oxygen atoms in total. The molecule has 0 saturated heterocycles. The van der Waals surface area contributed by atoms with Crippen LogP contribution in [0.2, 0.25) is 0 Å². The Labute approximate surface area is 338 Å². The van der Waals surface area contributed by atoms with Crippen LogP contribution in [0.25, 0.3) is 88.5 Å². The Morgan fingerprint density at radius 3 is 2.14 bits per heavy atom. The van der Waals surface area contributed by atoms with E-state index >= 15 is 0 Å². The molecule has 0 amide bonds. The van der Waals surface area contributed by atoms with E-state index in [0.29, 0.717) is 0 Å². The monoisotopic (exact) mass is 742 g/mol. The van der Waals surface area contributed by atoms with E-state index in [1.54, 1.807) is 6.20 Å². The molecule has 0 radical (unpaired) electrons. The molecular formula is C54H38N4. The summed E-state index contributed by atoms with van der Waals surface area (Å²) in [6.45, 7) is 6.55. The van der Waals surface area contributed by atoms with Gasteiger partial charge in [-0.15, -0.1) is 0 Å². The highest BCUT2D eigenvalue weighted by molar-refractivity contribution is 6.22. The van der Waals surface area contributed by atoms with Crippen LogP contribution < -0.4 is 0 Å². The molecule has 274 valence electrons. The lowest BCUT2D eigenvalue weighted by Crippen LogP contribution is -1.98. The fourth-order valence-electron chi connectivity index (χ4n) is 8.21. The van der Waals surface area contributed by atoms with E-state index in [0.717, 1.165) is 83.5 Å². The first kappa shape index (κ1) is 34.9. The second-order valence-corrected chi connectivity index (χ2v) is 14.7. The van der Waals surface area contributed by atoms with Crippen LogP contribution in [-0.2, 0) is 0 Å². The average molecular weight is 743 g/mol. The van der Waals surface area contributed by atoms with Gasteiger partial charge in [-0.25, -0.2) is 9.97 Å². The van der Waals surface area contributed by atoms with Crippen LogP contribution in [0.15, 0.2) is 207 Å². The van der Waals surface area contributed by atoms with Crippen molar-refractivity contribution in [2.24, 2.45) is 5.92 Å². The van der Waals surface area contributed by atoms with Crippen LogP contribution >= 0.6 is 0 Å². The predicted octanol–water partition coefficient (Wildman–Crippen LogP) is 13.6. The maximum absolute atomic E-state index is 5.31. The van der Waals surface area contributed by atoms with Crippen LogP contribution in [0.5, 0.6) is 0 Å². The Bertz CT molecular complexity index is 3120. The van der Waals surface area contributed by atoms with Gasteiger partial charge in [0.25, 0.3) is 0 Å². The quantitative estimate of drug-likeness (QED) is 0.126. The van der Waals surface area contributed by atoms with Crippen LogP contribution in [-0.4, -0.2) is 19.9 Å².